The van der Waals surface area contributed by atoms with Gasteiger partial charge in [0.1, 0.15) is 0 Å². The minimum atomic E-state index is -0.803. The molecule has 1 rings (SSSR count). The van der Waals surface area contributed by atoms with E-state index in [-0.39, 0.29) is 11.5 Å². The summed E-state index contributed by atoms with van der Waals surface area (Å²) in [7, 11) is 0. The molecule has 4 nitrogen and oxygen atoms in total. The zero-order valence-electron chi connectivity index (χ0n) is 10.1. The Labute approximate surface area is 91.6 Å². The van der Waals surface area contributed by atoms with E-state index in [0.29, 0.717) is 19.0 Å². The first kappa shape index (κ1) is 12.3. The first-order valence-electron chi connectivity index (χ1n) is 5.53. The lowest BCUT2D eigenvalue weighted by Gasteiger charge is -2.40. The molecule has 0 spiro atoms. The van der Waals surface area contributed by atoms with Gasteiger partial charge in [-0.2, -0.15) is 0 Å². The Bertz CT molecular complexity index is 235. The summed E-state index contributed by atoms with van der Waals surface area (Å²) >= 11 is 0. The Kier molecular flexibility index (Phi) is 3.60. The van der Waals surface area contributed by atoms with Crippen molar-refractivity contribution in [2.75, 3.05) is 19.6 Å². The SMILES string of the molecule is CC(C1CN(C(=O)O)CCN1)C(C)(C)C. The standard InChI is InChI=1S/C11H22N2O2/c1-8(11(2,3)4)9-7-13(10(14)15)6-5-12-9/h8-9,12H,5-7H2,1-4H3,(H,14,15). The van der Waals surface area contributed by atoms with E-state index in [1.807, 2.05) is 0 Å². The maximum Gasteiger partial charge on any atom is 0.407 e. The van der Waals surface area contributed by atoms with Crippen LogP contribution in [0.2, 0.25) is 0 Å². The molecular weight excluding hydrogens is 192 g/mol. The van der Waals surface area contributed by atoms with Crippen LogP contribution < -0.4 is 5.32 Å². The average Bonchev–Trinajstić information content (AvgIpc) is 2.15. The van der Waals surface area contributed by atoms with Crippen LogP contribution in [0, 0.1) is 11.3 Å². The van der Waals surface area contributed by atoms with E-state index in [9.17, 15) is 4.79 Å². The van der Waals surface area contributed by atoms with E-state index in [0.717, 1.165) is 6.54 Å². The fraction of sp³-hybridized carbons (Fsp3) is 0.909. The van der Waals surface area contributed by atoms with Gasteiger partial charge in [-0.1, -0.05) is 27.7 Å². The molecule has 1 heterocycles. The fourth-order valence-corrected chi connectivity index (χ4v) is 1.89. The molecule has 1 aliphatic rings. The van der Waals surface area contributed by atoms with E-state index in [1.54, 1.807) is 0 Å². The monoisotopic (exact) mass is 214 g/mol. The first-order valence-corrected chi connectivity index (χ1v) is 5.53. The van der Waals surface area contributed by atoms with Crippen LogP contribution >= 0.6 is 0 Å². The van der Waals surface area contributed by atoms with E-state index in [4.69, 9.17) is 5.11 Å². The van der Waals surface area contributed by atoms with Crippen molar-refractivity contribution in [1.82, 2.24) is 10.2 Å². The molecule has 0 saturated carbocycles. The van der Waals surface area contributed by atoms with Gasteiger partial charge in [-0.25, -0.2) is 4.79 Å². The molecule has 0 aromatic heterocycles. The van der Waals surface area contributed by atoms with Gasteiger partial charge in [0.25, 0.3) is 0 Å². The molecule has 0 aliphatic carbocycles. The minimum absolute atomic E-state index is 0.208. The summed E-state index contributed by atoms with van der Waals surface area (Å²) in [6, 6.07) is 0.273. The van der Waals surface area contributed by atoms with Crippen LogP contribution in [0.15, 0.2) is 0 Å². The highest BCUT2D eigenvalue weighted by Gasteiger charge is 2.32. The Morgan fingerprint density at radius 3 is 2.60 bits per heavy atom. The van der Waals surface area contributed by atoms with Crippen molar-refractivity contribution in [3.63, 3.8) is 0 Å². The smallest absolute Gasteiger partial charge is 0.407 e. The topological polar surface area (TPSA) is 52.6 Å². The second-order valence-electron chi connectivity index (χ2n) is 5.44. The molecule has 88 valence electrons. The van der Waals surface area contributed by atoms with Gasteiger partial charge in [0.15, 0.2) is 0 Å². The van der Waals surface area contributed by atoms with Gasteiger partial charge in [-0.05, 0) is 11.3 Å². The number of rotatable bonds is 1. The maximum absolute atomic E-state index is 10.9. The molecule has 15 heavy (non-hydrogen) atoms. The van der Waals surface area contributed by atoms with E-state index < -0.39 is 6.09 Å². The Morgan fingerprint density at radius 1 is 1.53 bits per heavy atom. The molecule has 0 bridgehead atoms. The van der Waals surface area contributed by atoms with Crippen LogP contribution in [0.1, 0.15) is 27.7 Å². The highest BCUT2D eigenvalue weighted by molar-refractivity contribution is 5.65. The Morgan fingerprint density at radius 2 is 2.13 bits per heavy atom. The normalized spacial score (nSPS) is 25.1. The summed E-state index contributed by atoms with van der Waals surface area (Å²) in [5.41, 5.74) is 0.208. The van der Waals surface area contributed by atoms with Gasteiger partial charge in [0.2, 0.25) is 0 Å². The van der Waals surface area contributed by atoms with Gasteiger partial charge in [0.05, 0.1) is 0 Å². The largest absolute Gasteiger partial charge is 0.465 e. The maximum atomic E-state index is 10.9. The molecule has 0 radical (unpaired) electrons. The quantitative estimate of drug-likeness (QED) is 0.697. The zero-order valence-corrected chi connectivity index (χ0v) is 10.1. The summed E-state index contributed by atoms with van der Waals surface area (Å²) in [4.78, 5) is 12.4. The Balaban J connectivity index is 2.60. The highest BCUT2D eigenvalue weighted by atomic mass is 16.4. The number of nitrogens with zero attached hydrogens (tertiary/aromatic N) is 1. The molecule has 1 saturated heterocycles. The van der Waals surface area contributed by atoms with E-state index in [1.165, 1.54) is 4.90 Å². The zero-order chi connectivity index (χ0) is 11.6. The van der Waals surface area contributed by atoms with Gasteiger partial charge >= 0.3 is 6.09 Å². The summed E-state index contributed by atoms with van der Waals surface area (Å²) in [5, 5.41) is 12.3. The van der Waals surface area contributed by atoms with Crippen molar-refractivity contribution < 1.29 is 9.90 Å². The summed E-state index contributed by atoms with van der Waals surface area (Å²) in [6.45, 7) is 10.7. The third kappa shape index (κ3) is 3.09. The van der Waals surface area contributed by atoms with Crippen molar-refractivity contribution >= 4 is 6.09 Å². The third-order valence-corrected chi connectivity index (χ3v) is 3.45. The lowest BCUT2D eigenvalue weighted by Crippen LogP contribution is -2.56. The molecule has 2 atom stereocenters. The molecule has 1 aliphatic heterocycles. The molecule has 0 aromatic carbocycles. The molecule has 1 fully saturated rings. The second kappa shape index (κ2) is 4.39. The molecule has 2 N–H and O–H groups in total. The van der Waals surface area contributed by atoms with Crippen LogP contribution in [0.5, 0.6) is 0 Å². The van der Waals surface area contributed by atoms with Crippen molar-refractivity contribution in [3.8, 4) is 0 Å². The van der Waals surface area contributed by atoms with E-state index in [2.05, 4.69) is 33.0 Å². The first-order chi connectivity index (χ1) is 6.82. The van der Waals surface area contributed by atoms with Crippen LogP contribution in [-0.2, 0) is 0 Å². The lowest BCUT2D eigenvalue weighted by atomic mass is 9.77. The molecule has 4 heteroatoms. The predicted molar refractivity (Wildman–Crippen MR) is 60.0 cm³/mol. The molecule has 2 unspecified atom stereocenters. The molecular formula is C11H22N2O2. The third-order valence-electron chi connectivity index (χ3n) is 3.45. The van der Waals surface area contributed by atoms with Crippen molar-refractivity contribution in [2.24, 2.45) is 11.3 Å². The summed E-state index contributed by atoms with van der Waals surface area (Å²) in [6.07, 6.45) is -0.803. The van der Waals surface area contributed by atoms with Crippen LogP contribution in [0.25, 0.3) is 0 Å². The Hall–Kier alpha value is -0.770. The summed E-state index contributed by atoms with van der Waals surface area (Å²) < 4.78 is 0. The van der Waals surface area contributed by atoms with Crippen LogP contribution in [-0.4, -0.2) is 41.8 Å². The van der Waals surface area contributed by atoms with Crippen LogP contribution in [0.4, 0.5) is 4.79 Å². The summed E-state index contributed by atoms with van der Waals surface area (Å²) in [5.74, 6) is 0.458. The number of hydrogen-bond acceptors (Lipinski definition) is 2. The van der Waals surface area contributed by atoms with E-state index >= 15 is 0 Å². The van der Waals surface area contributed by atoms with Gasteiger partial charge in [-0.3, -0.25) is 0 Å². The number of piperazine rings is 1. The highest BCUT2D eigenvalue weighted by Crippen LogP contribution is 2.29. The number of carbonyl (C=O) groups is 1. The van der Waals surface area contributed by atoms with Gasteiger partial charge in [-0.15, -0.1) is 0 Å². The lowest BCUT2D eigenvalue weighted by molar-refractivity contribution is 0.0996. The number of nitrogens with one attached hydrogen (secondary N) is 1. The van der Waals surface area contributed by atoms with Crippen molar-refractivity contribution in [2.45, 2.75) is 33.7 Å². The van der Waals surface area contributed by atoms with Crippen molar-refractivity contribution in [3.05, 3.63) is 0 Å². The fourth-order valence-electron chi connectivity index (χ4n) is 1.89. The van der Waals surface area contributed by atoms with Gasteiger partial charge in [0, 0.05) is 25.7 Å². The number of hydrogen-bond donors (Lipinski definition) is 2. The minimum Gasteiger partial charge on any atom is -0.465 e. The average molecular weight is 214 g/mol. The van der Waals surface area contributed by atoms with Crippen LogP contribution in [0.3, 0.4) is 0 Å². The molecule has 0 aromatic rings. The van der Waals surface area contributed by atoms with Gasteiger partial charge < -0.3 is 15.3 Å². The number of carboxylic acid groups (broad SMARTS) is 1. The predicted octanol–water partition coefficient (Wildman–Crippen LogP) is 1.62. The van der Waals surface area contributed by atoms with Crippen molar-refractivity contribution in [1.29, 1.82) is 0 Å². The molecule has 1 amide bonds. The second-order valence-corrected chi connectivity index (χ2v) is 5.44. The number of amides is 1.